The van der Waals surface area contributed by atoms with Crippen molar-refractivity contribution in [2.45, 2.75) is 12.5 Å². The number of nitrogens with zero attached hydrogens (tertiary/aromatic N) is 1. The Balaban J connectivity index is 2.17. The average molecular weight is 267 g/mol. The lowest BCUT2D eigenvalue weighted by Crippen LogP contribution is -2.35. The van der Waals surface area contributed by atoms with Crippen LogP contribution in [0.2, 0.25) is 0 Å². The summed E-state index contributed by atoms with van der Waals surface area (Å²) in [5, 5.41) is 13.5. The van der Waals surface area contributed by atoms with E-state index in [1.54, 1.807) is 11.8 Å². The Bertz CT molecular complexity index is 486. The lowest BCUT2D eigenvalue weighted by molar-refractivity contribution is -0.384. The number of amides is 1. The van der Waals surface area contributed by atoms with E-state index in [0.717, 1.165) is 17.9 Å². The molecule has 0 radical (unpaired) electrons. The summed E-state index contributed by atoms with van der Waals surface area (Å²) in [6, 6.07) is 4.02. The molecule has 1 aliphatic heterocycles. The molecule has 1 amide bonds. The van der Waals surface area contributed by atoms with Crippen molar-refractivity contribution in [3.05, 3.63) is 33.9 Å². The van der Waals surface area contributed by atoms with Crippen LogP contribution >= 0.6 is 11.8 Å². The van der Waals surface area contributed by atoms with Crippen LogP contribution < -0.4 is 11.1 Å². The van der Waals surface area contributed by atoms with Crippen molar-refractivity contribution < 1.29 is 9.72 Å². The summed E-state index contributed by atoms with van der Waals surface area (Å²) in [6.45, 7) is 0. The third-order valence-corrected chi connectivity index (χ3v) is 3.92. The monoisotopic (exact) mass is 267 g/mol. The van der Waals surface area contributed by atoms with Crippen molar-refractivity contribution in [3.63, 3.8) is 0 Å². The molecule has 1 heterocycles. The number of non-ortho nitro benzene ring substituents is 1. The van der Waals surface area contributed by atoms with Crippen LogP contribution in [-0.4, -0.2) is 28.4 Å². The molecule has 1 aromatic rings. The number of rotatable bonds is 3. The van der Waals surface area contributed by atoms with E-state index in [1.807, 2.05) is 0 Å². The number of hydrogen-bond acceptors (Lipinski definition) is 5. The fourth-order valence-electron chi connectivity index (χ4n) is 1.77. The second kappa shape index (κ2) is 5.26. The highest BCUT2D eigenvalue weighted by Gasteiger charge is 2.21. The molecule has 0 saturated carbocycles. The van der Waals surface area contributed by atoms with E-state index in [0.29, 0.717) is 0 Å². The average Bonchev–Trinajstić information content (AvgIpc) is 2.81. The van der Waals surface area contributed by atoms with E-state index in [2.05, 4.69) is 5.32 Å². The van der Waals surface area contributed by atoms with Gasteiger partial charge in [0.05, 0.1) is 10.5 Å². The van der Waals surface area contributed by atoms with Gasteiger partial charge in [-0.05, 0) is 18.2 Å². The van der Waals surface area contributed by atoms with Crippen molar-refractivity contribution in [2.75, 3.05) is 17.2 Å². The minimum atomic E-state index is -0.540. The summed E-state index contributed by atoms with van der Waals surface area (Å²) in [5.74, 6) is 1.55. The predicted molar refractivity (Wildman–Crippen MR) is 70.7 cm³/mol. The first-order valence-electron chi connectivity index (χ1n) is 5.50. The Labute approximate surface area is 108 Å². The van der Waals surface area contributed by atoms with E-state index in [-0.39, 0.29) is 28.9 Å². The van der Waals surface area contributed by atoms with Gasteiger partial charge in [-0.15, -0.1) is 0 Å². The van der Waals surface area contributed by atoms with Crippen LogP contribution in [0.3, 0.4) is 0 Å². The van der Waals surface area contributed by atoms with Crippen LogP contribution in [0.5, 0.6) is 0 Å². The minimum absolute atomic E-state index is 0.126. The molecular weight excluding hydrogens is 254 g/mol. The number of nitro groups is 1. The Morgan fingerprint density at radius 2 is 2.33 bits per heavy atom. The molecule has 7 heteroatoms. The van der Waals surface area contributed by atoms with E-state index in [9.17, 15) is 14.9 Å². The molecular formula is C11H13N3O3S. The number of nitrogen functional groups attached to an aromatic ring is 1. The standard InChI is InChI=1S/C11H13N3O3S/c12-10-2-1-8(14(16)17)5-9(10)11(15)13-7-3-4-18-6-7/h1-2,5,7H,3-4,6,12H2,(H,13,15). The second-order valence-electron chi connectivity index (χ2n) is 4.06. The number of nitrogens with two attached hydrogens (primary N) is 1. The van der Waals surface area contributed by atoms with E-state index < -0.39 is 4.92 Å². The van der Waals surface area contributed by atoms with Gasteiger partial charge >= 0.3 is 0 Å². The number of carbonyl (C=O) groups excluding carboxylic acids is 1. The van der Waals surface area contributed by atoms with Crippen LogP contribution in [0.15, 0.2) is 18.2 Å². The van der Waals surface area contributed by atoms with Gasteiger partial charge < -0.3 is 11.1 Å². The van der Waals surface area contributed by atoms with Gasteiger partial charge in [0.25, 0.3) is 11.6 Å². The van der Waals surface area contributed by atoms with Crippen molar-refractivity contribution in [2.24, 2.45) is 0 Å². The molecule has 1 unspecified atom stereocenters. The van der Waals surface area contributed by atoms with Gasteiger partial charge in [0.1, 0.15) is 0 Å². The van der Waals surface area contributed by atoms with E-state index in [4.69, 9.17) is 5.73 Å². The summed E-state index contributed by atoms with van der Waals surface area (Å²) in [4.78, 5) is 22.1. The van der Waals surface area contributed by atoms with Gasteiger partial charge in [-0.3, -0.25) is 14.9 Å². The van der Waals surface area contributed by atoms with Crippen LogP contribution in [0.25, 0.3) is 0 Å². The van der Waals surface area contributed by atoms with Crippen molar-refractivity contribution in [3.8, 4) is 0 Å². The summed E-state index contributed by atoms with van der Waals surface area (Å²) < 4.78 is 0. The molecule has 1 fully saturated rings. The number of thioether (sulfide) groups is 1. The fraction of sp³-hybridized carbons (Fsp3) is 0.364. The quantitative estimate of drug-likeness (QED) is 0.490. The molecule has 1 saturated heterocycles. The smallest absolute Gasteiger partial charge is 0.270 e. The molecule has 1 atom stereocenters. The lowest BCUT2D eigenvalue weighted by atomic mass is 10.1. The Morgan fingerprint density at radius 3 is 2.94 bits per heavy atom. The minimum Gasteiger partial charge on any atom is -0.398 e. The molecule has 2 rings (SSSR count). The van der Waals surface area contributed by atoms with Gasteiger partial charge in [0.2, 0.25) is 0 Å². The summed E-state index contributed by atoms with van der Waals surface area (Å²) >= 11 is 1.78. The van der Waals surface area contributed by atoms with E-state index in [1.165, 1.54) is 18.2 Å². The van der Waals surface area contributed by atoms with Gasteiger partial charge in [-0.2, -0.15) is 11.8 Å². The zero-order chi connectivity index (χ0) is 13.1. The van der Waals surface area contributed by atoms with Crippen LogP contribution in [0, 0.1) is 10.1 Å². The van der Waals surface area contributed by atoms with Gasteiger partial charge in [-0.1, -0.05) is 0 Å². The molecule has 0 aromatic heterocycles. The zero-order valence-electron chi connectivity index (χ0n) is 9.59. The van der Waals surface area contributed by atoms with Crippen LogP contribution in [-0.2, 0) is 0 Å². The first-order valence-corrected chi connectivity index (χ1v) is 6.66. The Kier molecular flexibility index (Phi) is 3.71. The molecule has 18 heavy (non-hydrogen) atoms. The SMILES string of the molecule is Nc1ccc([N+](=O)[O-])cc1C(=O)NC1CCSC1. The van der Waals surface area contributed by atoms with E-state index >= 15 is 0 Å². The maximum absolute atomic E-state index is 12.0. The summed E-state index contributed by atoms with van der Waals surface area (Å²) in [5.41, 5.74) is 5.97. The van der Waals surface area contributed by atoms with Gasteiger partial charge in [-0.25, -0.2) is 0 Å². The zero-order valence-corrected chi connectivity index (χ0v) is 10.4. The molecule has 96 valence electrons. The summed E-state index contributed by atoms with van der Waals surface area (Å²) in [7, 11) is 0. The lowest BCUT2D eigenvalue weighted by Gasteiger charge is -2.12. The molecule has 6 nitrogen and oxygen atoms in total. The molecule has 0 bridgehead atoms. The van der Waals surface area contributed by atoms with Crippen molar-refractivity contribution >= 4 is 29.0 Å². The second-order valence-corrected chi connectivity index (χ2v) is 5.21. The third kappa shape index (κ3) is 2.73. The largest absolute Gasteiger partial charge is 0.398 e. The van der Waals surface area contributed by atoms with Gasteiger partial charge in [0.15, 0.2) is 0 Å². The number of carbonyl (C=O) groups is 1. The number of nitrogens with one attached hydrogen (secondary N) is 1. The fourth-order valence-corrected chi connectivity index (χ4v) is 2.92. The normalized spacial score (nSPS) is 18.6. The number of nitro benzene ring substituents is 1. The topological polar surface area (TPSA) is 98.3 Å². The van der Waals surface area contributed by atoms with Crippen LogP contribution in [0.4, 0.5) is 11.4 Å². The molecule has 1 aliphatic rings. The Hall–Kier alpha value is -1.76. The summed E-state index contributed by atoms with van der Waals surface area (Å²) in [6.07, 6.45) is 0.922. The number of anilines is 1. The maximum Gasteiger partial charge on any atom is 0.270 e. The van der Waals surface area contributed by atoms with Crippen molar-refractivity contribution in [1.82, 2.24) is 5.32 Å². The highest BCUT2D eigenvalue weighted by molar-refractivity contribution is 7.99. The molecule has 0 aliphatic carbocycles. The number of hydrogen-bond donors (Lipinski definition) is 2. The van der Waals surface area contributed by atoms with Crippen molar-refractivity contribution in [1.29, 1.82) is 0 Å². The highest BCUT2D eigenvalue weighted by atomic mass is 32.2. The van der Waals surface area contributed by atoms with Crippen LogP contribution in [0.1, 0.15) is 16.8 Å². The molecule has 0 spiro atoms. The maximum atomic E-state index is 12.0. The number of benzene rings is 1. The highest BCUT2D eigenvalue weighted by Crippen LogP contribution is 2.21. The first-order chi connectivity index (χ1) is 8.58. The van der Waals surface area contributed by atoms with Gasteiger partial charge in [0, 0.05) is 29.6 Å². The first kappa shape index (κ1) is 12.7. The molecule has 1 aromatic carbocycles. The Morgan fingerprint density at radius 1 is 1.56 bits per heavy atom. The third-order valence-electron chi connectivity index (χ3n) is 2.76. The molecule has 3 N–H and O–H groups in total. The predicted octanol–water partition coefficient (Wildman–Crippen LogP) is 1.41.